The summed E-state index contributed by atoms with van der Waals surface area (Å²) in [5, 5.41) is 11.3. The van der Waals surface area contributed by atoms with Crippen molar-refractivity contribution in [3.63, 3.8) is 0 Å². The molecule has 1 saturated heterocycles. The Morgan fingerprint density at radius 3 is 2.62 bits per heavy atom. The van der Waals surface area contributed by atoms with Crippen LogP contribution in [0.3, 0.4) is 0 Å². The number of carbonyl (C=O) groups is 1. The number of thiophene rings is 1. The van der Waals surface area contributed by atoms with Gasteiger partial charge in [-0.3, -0.25) is 9.69 Å². The number of guanidine groups is 1. The predicted octanol–water partition coefficient (Wildman–Crippen LogP) is 4.03. The lowest BCUT2D eigenvalue weighted by Crippen LogP contribution is -2.57. The van der Waals surface area contributed by atoms with Crippen molar-refractivity contribution in [2.75, 3.05) is 20.1 Å². The lowest BCUT2D eigenvalue weighted by atomic mass is 9.70. The van der Waals surface area contributed by atoms with Crippen LogP contribution >= 0.6 is 11.3 Å². The molecular formula is C25H31N5OS. The second-order valence-electron chi connectivity index (χ2n) is 9.35. The van der Waals surface area contributed by atoms with Crippen LogP contribution < -0.4 is 5.73 Å². The first kappa shape index (κ1) is 22.5. The van der Waals surface area contributed by atoms with Crippen molar-refractivity contribution in [2.45, 2.75) is 45.2 Å². The van der Waals surface area contributed by atoms with Crippen molar-refractivity contribution in [1.82, 2.24) is 9.80 Å². The number of rotatable bonds is 4. The van der Waals surface area contributed by atoms with Gasteiger partial charge >= 0.3 is 0 Å². The molecule has 7 heteroatoms. The molecule has 4 rings (SSSR count). The van der Waals surface area contributed by atoms with E-state index < -0.39 is 5.54 Å². The quantitative estimate of drug-likeness (QED) is 0.764. The van der Waals surface area contributed by atoms with E-state index in [4.69, 9.17) is 10.7 Å². The number of aliphatic imine (C=N–C) groups is 1. The maximum atomic E-state index is 13.5. The third kappa shape index (κ3) is 3.94. The molecule has 1 fully saturated rings. The zero-order chi connectivity index (χ0) is 23.0. The fourth-order valence-corrected chi connectivity index (χ4v) is 6.17. The molecule has 0 aliphatic carbocycles. The van der Waals surface area contributed by atoms with Crippen molar-refractivity contribution < 1.29 is 4.79 Å². The Kier molecular flexibility index (Phi) is 6.11. The van der Waals surface area contributed by atoms with Gasteiger partial charge in [-0.25, -0.2) is 4.99 Å². The fraction of sp³-hybridized carbons (Fsp3) is 0.480. The molecule has 2 atom stereocenters. The Labute approximate surface area is 194 Å². The van der Waals surface area contributed by atoms with Gasteiger partial charge in [-0.2, -0.15) is 5.26 Å². The summed E-state index contributed by atoms with van der Waals surface area (Å²) >= 11 is 1.61. The second kappa shape index (κ2) is 8.68. The molecule has 2 N–H and O–H groups in total. The van der Waals surface area contributed by atoms with Crippen LogP contribution in [0.1, 0.15) is 44.1 Å². The number of likely N-dealkylation sites (tertiary alicyclic amines) is 1. The number of benzene rings is 1. The minimum atomic E-state index is -0.700. The summed E-state index contributed by atoms with van der Waals surface area (Å²) in [6, 6.07) is 12.4. The number of hydrogen-bond donors (Lipinski definition) is 1. The highest BCUT2D eigenvalue weighted by atomic mass is 32.1. The molecule has 32 heavy (non-hydrogen) atoms. The molecular weight excluding hydrogens is 418 g/mol. The molecule has 6 nitrogen and oxygen atoms in total. The van der Waals surface area contributed by atoms with E-state index in [1.807, 2.05) is 18.2 Å². The number of nitrogens with two attached hydrogens (primary N) is 1. The summed E-state index contributed by atoms with van der Waals surface area (Å²) in [7, 11) is 1.73. The molecule has 0 spiro atoms. The van der Waals surface area contributed by atoms with Gasteiger partial charge in [-0.15, -0.1) is 11.3 Å². The second-order valence-corrected chi connectivity index (χ2v) is 10.3. The summed E-state index contributed by atoms with van der Waals surface area (Å²) < 4.78 is 0. The van der Waals surface area contributed by atoms with Crippen molar-refractivity contribution >= 4 is 23.2 Å². The molecule has 168 valence electrons. The lowest BCUT2D eigenvalue weighted by molar-refractivity contribution is -0.137. The first-order valence-corrected chi connectivity index (χ1v) is 12.1. The Morgan fingerprint density at radius 1 is 1.25 bits per heavy atom. The minimum Gasteiger partial charge on any atom is -0.369 e. The van der Waals surface area contributed by atoms with Gasteiger partial charge in [-0.05, 0) is 87.3 Å². The van der Waals surface area contributed by atoms with Crippen LogP contribution in [-0.4, -0.2) is 47.8 Å². The summed E-state index contributed by atoms with van der Waals surface area (Å²) in [4.78, 5) is 23.5. The lowest BCUT2D eigenvalue weighted by Gasteiger charge is -2.46. The molecule has 2 aliphatic rings. The van der Waals surface area contributed by atoms with Gasteiger partial charge in [0.05, 0.1) is 17.6 Å². The average molecular weight is 450 g/mol. The van der Waals surface area contributed by atoms with E-state index in [0.717, 1.165) is 41.9 Å². The van der Waals surface area contributed by atoms with Gasteiger partial charge in [0.1, 0.15) is 5.54 Å². The fourth-order valence-electron chi connectivity index (χ4n) is 5.10. The Balaban J connectivity index is 1.70. The van der Waals surface area contributed by atoms with Gasteiger partial charge in [0.15, 0.2) is 5.96 Å². The topological polar surface area (TPSA) is 85.7 Å². The largest absolute Gasteiger partial charge is 0.369 e. The van der Waals surface area contributed by atoms with Crippen LogP contribution in [0.2, 0.25) is 0 Å². The molecule has 3 heterocycles. The number of hydrogen-bond acceptors (Lipinski definition) is 6. The van der Waals surface area contributed by atoms with Gasteiger partial charge in [0.2, 0.25) is 5.91 Å². The number of nitrogens with zero attached hydrogens (tertiary/aromatic N) is 4. The molecule has 0 radical (unpaired) electrons. The highest BCUT2D eigenvalue weighted by Crippen LogP contribution is 2.47. The standard InChI is InChI=1S/C25H31N5OS/c1-16(2)30-10-8-18(9-11-30)22-23(31)29(4)24(27)28-25(22,3)21-13-20(15-32-21)19-7-5-6-17(12-19)14-26/h5-7,12-13,15-16,18,22H,8-11H2,1-4H3,(H2,27,28)/t22-,25-/m1/s1. The molecule has 0 bridgehead atoms. The SMILES string of the molecule is CC(C)N1CCC([C@@H]2C(=O)N(C)C(N)=N[C@]2(C)c2cc(-c3cccc(C#N)c3)cs2)CC1. The third-order valence-electron chi connectivity index (χ3n) is 7.09. The maximum absolute atomic E-state index is 13.5. The van der Waals surface area contributed by atoms with E-state index in [0.29, 0.717) is 11.6 Å². The third-order valence-corrected chi connectivity index (χ3v) is 8.25. The maximum Gasteiger partial charge on any atom is 0.235 e. The smallest absolute Gasteiger partial charge is 0.235 e. The number of carbonyl (C=O) groups excluding carboxylic acids is 1. The van der Waals surface area contributed by atoms with E-state index in [1.54, 1.807) is 24.5 Å². The molecule has 2 aliphatic heterocycles. The highest BCUT2D eigenvalue weighted by molar-refractivity contribution is 7.10. The molecule has 2 aromatic rings. The van der Waals surface area contributed by atoms with Crippen LogP contribution in [0.15, 0.2) is 40.7 Å². The summed E-state index contributed by atoms with van der Waals surface area (Å²) in [6.45, 7) is 8.52. The van der Waals surface area contributed by atoms with E-state index in [-0.39, 0.29) is 23.7 Å². The Bertz CT molecular complexity index is 1080. The van der Waals surface area contributed by atoms with E-state index in [2.05, 4.69) is 43.2 Å². The Hall–Kier alpha value is -2.69. The minimum absolute atomic E-state index is 0.0597. The molecule has 1 amide bonds. The molecule has 1 aromatic heterocycles. The Morgan fingerprint density at radius 2 is 1.97 bits per heavy atom. The normalized spacial score (nSPS) is 25.1. The molecule has 0 unspecified atom stereocenters. The van der Waals surface area contributed by atoms with Crippen LogP contribution in [-0.2, 0) is 10.3 Å². The zero-order valence-corrected chi connectivity index (χ0v) is 20.0. The summed E-state index contributed by atoms with van der Waals surface area (Å²) in [5.41, 5.74) is 8.17. The molecule has 1 aromatic carbocycles. The number of amides is 1. The zero-order valence-electron chi connectivity index (χ0n) is 19.2. The van der Waals surface area contributed by atoms with Gasteiger partial charge in [-0.1, -0.05) is 12.1 Å². The highest BCUT2D eigenvalue weighted by Gasteiger charge is 2.51. The van der Waals surface area contributed by atoms with Crippen molar-refractivity contribution in [3.05, 3.63) is 46.2 Å². The number of piperidine rings is 1. The van der Waals surface area contributed by atoms with Crippen LogP contribution in [0.25, 0.3) is 11.1 Å². The van der Waals surface area contributed by atoms with Gasteiger partial charge in [0.25, 0.3) is 0 Å². The van der Waals surface area contributed by atoms with Crippen molar-refractivity contribution in [1.29, 1.82) is 5.26 Å². The van der Waals surface area contributed by atoms with Gasteiger partial charge in [0, 0.05) is 18.0 Å². The van der Waals surface area contributed by atoms with Crippen LogP contribution in [0, 0.1) is 23.2 Å². The number of nitriles is 1. The predicted molar refractivity (Wildman–Crippen MR) is 129 cm³/mol. The summed E-state index contributed by atoms with van der Waals surface area (Å²) in [5.74, 6) is 0.347. The van der Waals surface area contributed by atoms with E-state index >= 15 is 0 Å². The summed E-state index contributed by atoms with van der Waals surface area (Å²) in [6.07, 6.45) is 1.96. The average Bonchev–Trinajstić information content (AvgIpc) is 3.29. The van der Waals surface area contributed by atoms with Crippen molar-refractivity contribution in [2.24, 2.45) is 22.6 Å². The molecule has 0 saturated carbocycles. The van der Waals surface area contributed by atoms with E-state index in [1.165, 1.54) is 4.90 Å². The van der Waals surface area contributed by atoms with Crippen LogP contribution in [0.5, 0.6) is 0 Å². The van der Waals surface area contributed by atoms with Gasteiger partial charge < -0.3 is 10.6 Å². The van der Waals surface area contributed by atoms with E-state index in [9.17, 15) is 10.1 Å². The first-order chi connectivity index (χ1) is 15.2. The monoisotopic (exact) mass is 449 g/mol. The van der Waals surface area contributed by atoms with Crippen molar-refractivity contribution in [3.8, 4) is 17.2 Å². The van der Waals surface area contributed by atoms with Crippen LogP contribution in [0.4, 0.5) is 0 Å². The first-order valence-electron chi connectivity index (χ1n) is 11.2.